The SMILES string of the molecule is COc1ccc(NC(=O)CSc2nnc(Cc3cccc4ccccc34)n2C)cc1. The Bertz CT molecular complexity index is 1170. The van der Waals surface area contributed by atoms with E-state index in [4.69, 9.17) is 4.74 Å². The highest BCUT2D eigenvalue weighted by molar-refractivity contribution is 7.99. The van der Waals surface area contributed by atoms with Crippen LogP contribution in [0.2, 0.25) is 0 Å². The quantitative estimate of drug-likeness (QED) is 0.453. The van der Waals surface area contributed by atoms with Crippen LogP contribution in [-0.4, -0.2) is 33.5 Å². The lowest BCUT2D eigenvalue weighted by Crippen LogP contribution is -2.14. The van der Waals surface area contributed by atoms with Gasteiger partial charge in [-0.3, -0.25) is 4.79 Å². The molecular weight excluding hydrogens is 396 g/mol. The van der Waals surface area contributed by atoms with Crippen LogP contribution >= 0.6 is 11.8 Å². The van der Waals surface area contributed by atoms with Gasteiger partial charge in [0.05, 0.1) is 12.9 Å². The Morgan fingerprint density at radius 1 is 1.03 bits per heavy atom. The van der Waals surface area contributed by atoms with Crippen molar-refractivity contribution < 1.29 is 9.53 Å². The summed E-state index contributed by atoms with van der Waals surface area (Å²) in [7, 11) is 3.55. The number of aromatic nitrogens is 3. The lowest BCUT2D eigenvalue weighted by atomic mass is 10.0. The Hall–Kier alpha value is -3.32. The van der Waals surface area contributed by atoms with Crippen molar-refractivity contribution in [2.45, 2.75) is 11.6 Å². The van der Waals surface area contributed by atoms with Gasteiger partial charge in [0.2, 0.25) is 5.91 Å². The zero-order valence-corrected chi connectivity index (χ0v) is 17.6. The van der Waals surface area contributed by atoms with E-state index in [0.29, 0.717) is 6.42 Å². The van der Waals surface area contributed by atoms with Crippen LogP contribution in [0.25, 0.3) is 10.8 Å². The predicted molar refractivity (Wildman–Crippen MR) is 120 cm³/mol. The van der Waals surface area contributed by atoms with E-state index in [1.807, 2.05) is 48.0 Å². The summed E-state index contributed by atoms with van der Waals surface area (Å²) in [4.78, 5) is 12.3. The number of hydrogen-bond acceptors (Lipinski definition) is 5. The summed E-state index contributed by atoms with van der Waals surface area (Å²) in [5.41, 5.74) is 1.94. The molecule has 0 radical (unpaired) electrons. The van der Waals surface area contributed by atoms with Crippen LogP contribution in [-0.2, 0) is 18.3 Å². The molecule has 0 fully saturated rings. The molecule has 0 aliphatic rings. The highest BCUT2D eigenvalue weighted by atomic mass is 32.2. The number of nitrogens with one attached hydrogen (secondary N) is 1. The molecule has 0 unspecified atom stereocenters. The van der Waals surface area contributed by atoms with Gasteiger partial charge in [-0.05, 0) is 40.6 Å². The van der Waals surface area contributed by atoms with Crippen LogP contribution in [0.1, 0.15) is 11.4 Å². The first-order valence-corrected chi connectivity index (χ1v) is 10.5. The van der Waals surface area contributed by atoms with Crippen molar-refractivity contribution in [3.8, 4) is 5.75 Å². The van der Waals surface area contributed by atoms with Gasteiger partial charge in [0.15, 0.2) is 5.16 Å². The fourth-order valence-electron chi connectivity index (χ4n) is 3.24. The van der Waals surface area contributed by atoms with E-state index in [1.165, 1.54) is 28.1 Å². The Balaban J connectivity index is 1.40. The average Bonchev–Trinajstić information content (AvgIpc) is 3.12. The number of amides is 1. The zero-order chi connectivity index (χ0) is 20.9. The summed E-state index contributed by atoms with van der Waals surface area (Å²) >= 11 is 1.37. The predicted octanol–water partition coefficient (Wildman–Crippen LogP) is 4.30. The topological polar surface area (TPSA) is 69.0 Å². The van der Waals surface area contributed by atoms with Gasteiger partial charge < -0.3 is 14.6 Å². The number of ether oxygens (including phenoxy) is 1. The number of anilines is 1. The fourth-order valence-corrected chi connectivity index (χ4v) is 3.97. The molecule has 4 aromatic rings. The van der Waals surface area contributed by atoms with Gasteiger partial charge in [0.1, 0.15) is 11.6 Å². The average molecular weight is 419 g/mol. The highest BCUT2D eigenvalue weighted by Gasteiger charge is 2.13. The minimum Gasteiger partial charge on any atom is -0.497 e. The van der Waals surface area contributed by atoms with Crippen molar-refractivity contribution >= 4 is 34.1 Å². The second kappa shape index (κ2) is 9.00. The maximum atomic E-state index is 12.3. The Labute approximate surface area is 179 Å². The first-order valence-electron chi connectivity index (χ1n) is 9.55. The van der Waals surface area contributed by atoms with Crippen LogP contribution in [0.3, 0.4) is 0 Å². The van der Waals surface area contributed by atoms with E-state index in [0.717, 1.165) is 22.4 Å². The molecule has 0 saturated heterocycles. The zero-order valence-electron chi connectivity index (χ0n) is 16.8. The molecule has 152 valence electrons. The summed E-state index contributed by atoms with van der Waals surface area (Å²) in [5.74, 6) is 1.78. The second-order valence-electron chi connectivity index (χ2n) is 6.84. The van der Waals surface area contributed by atoms with Gasteiger partial charge in [0.25, 0.3) is 0 Å². The van der Waals surface area contributed by atoms with Gasteiger partial charge in [-0.1, -0.05) is 54.2 Å². The molecule has 4 rings (SSSR count). The highest BCUT2D eigenvalue weighted by Crippen LogP contribution is 2.23. The van der Waals surface area contributed by atoms with Crippen molar-refractivity contribution in [1.82, 2.24) is 14.8 Å². The number of rotatable bonds is 7. The molecule has 1 aromatic heterocycles. The molecule has 0 atom stereocenters. The molecule has 0 aliphatic heterocycles. The molecule has 1 heterocycles. The van der Waals surface area contributed by atoms with Crippen molar-refractivity contribution in [2.24, 2.45) is 7.05 Å². The number of carbonyl (C=O) groups is 1. The van der Waals surface area contributed by atoms with E-state index in [2.05, 4.69) is 45.8 Å². The molecule has 0 aliphatic carbocycles. The van der Waals surface area contributed by atoms with E-state index in [-0.39, 0.29) is 11.7 Å². The molecule has 3 aromatic carbocycles. The van der Waals surface area contributed by atoms with Crippen molar-refractivity contribution in [2.75, 3.05) is 18.2 Å². The first-order chi connectivity index (χ1) is 14.6. The maximum Gasteiger partial charge on any atom is 0.234 e. The van der Waals surface area contributed by atoms with E-state index in [9.17, 15) is 4.79 Å². The molecule has 6 nitrogen and oxygen atoms in total. The molecule has 1 amide bonds. The lowest BCUT2D eigenvalue weighted by Gasteiger charge is -2.08. The third-order valence-corrected chi connectivity index (χ3v) is 5.88. The van der Waals surface area contributed by atoms with Gasteiger partial charge >= 0.3 is 0 Å². The Kier molecular flexibility index (Phi) is 5.99. The van der Waals surface area contributed by atoms with Crippen LogP contribution < -0.4 is 10.1 Å². The fraction of sp³-hybridized carbons (Fsp3) is 0.174. The number of thioether (sulfide) groups is 1. The van der Waals surface area contributed by atoms with Crippen molar-refractivity contribution in [3.63, 3.8) is 0 Å². The second-order valence-corrected chi connectivity index (χ2v) is 7.78. The molecule has 0 bridgehead atoms. The van der Waals surface area contributed by atoms with Gasteiger partial charge in [-0.2, -0.15) is 0 Å². The lowest BCUT2D eigenvalue weighted by molar-refractivity contribution is -0.113. The minimum absolute atomic E-state index is 0.0937. The van der Waals surface area contributed by atoms with Crippen molar-refractivity contribution in [3.05, 3.63) is 78.1 Å². The summed E-state index contributed by atoms with van der Waals surface area (Å²) in [6.45, 7) is 0. The Morgan fingerprint density at radius 3 is 2.60 bits per heavy atom. The summed E-state index contributed by atoms with van der Waals surface area (Å²) in [6, 6.07) is 21.9. The number of nitrogens with zero attached hydrogens (tertiary/aromatic N) is 3. The molecule has 0 spiro atoms. The molecule has 1 N–H and O–H groups in total. The van der Waals surface area contributed by atoms with Gasteiger partial charge in [0, 0.05) is 19.2 Å². The number of benzene rings is 3. The van der Waals surface area contributed by atoms with E-state index in [1.54, 1.807) is 7.11 Å². The monoisotopic (exact) mass is 418 g/mol. The number of fused-ring (bicyclic) bond motifs is 1. The largest absolute Gasteiger partial charge is 0.497 e. The van der Waals surface area contributed by atoms with Crippen LogP contribution in [0.5, 0.6) is 5.75 Å². The Morgan fingerprint density at radius 2 is 1.80 bits per heavy atom. The summed E-state index contributed by atoms with van der Waals surface area (Å²) in [6.07, 6.45) is 0.684. The smallest absolute Gasteiger partial charge is 0.234 e. The number of methoxy groups -OCH3 is 1. The van der Waals surface area contributed by atoms with E-state index >= 15 is 0 Å². The van der Waals surface area contributed by atoms with Crippen LogP contribution in [0.15, 0.2) is 71.9 Å². The third kappa shape index (κ3) is 4.46. The van der Waals surface area contributed by atoms with Gasteiger partial charge in [-0.25, -0.2) is 0 Å². The van der Waals surface area contributed by atoms with Crippen LogP contribution in [0, 0.1) is 0 Å². The first kappa shape index (κ1) is 20.0. The van der Waals surface area contributed by atoms with Gasteiger partial charge in [-0.15, -0.1) is 10.2 Å². The maximum absolute atomic E-state index is 12.3. The number of carbonyl (C=O) groups excluding carboxylic acids is 1. The van der Waals surface area contributed by atoms with E-state index < -0.39 is 0 Å². The van der Waals surface area contributed by atoms with Crippen LogP contribution in [0.4, 0.5) is 5.69 Å². The molecular formula is C23H22N4O2S. The normalized spacial score (nSPS) is 10.9. The molecule has 7 heteroatoms. The summed E-state index contributed by atoms with van der Waals surface area (Å²) < 4.78 is 7.08. The molecule has 0 saturated carbocycles. The molecule has 30 heavy (non-hydrogen) atoms. The third-order valence-electron chi connectivity index (χ3n) is 4.86. The number of hydrogen-bond donors (Lipinski definition) is 1. The standard InChI is InChI=1S/C23H22N4O2S/c1-27-21(14-17-8-5-7-16-6-3-4-9-20(16)17)25-26-23(27)30-15-22(28)24-18-10-12-19(29-2)13-11-18/h3-13H,14-15H2,1-2H3,(H,24,28). The minimum atomic E-state index is -0.0937. The van der Waals surface area contributed by atoms with Crippen molar-refractivity contribution in [1.29, 1.82) is 0 Å². The summed E-state index contributed by atoms with van der Waals surface area (Å²) in [5, 5.41) is 14.6.